The van der Waals surface area contributed by atoms with Gasteiger partial charge >= 0.3 is 28.4 Å². The molecule has 1 aromatic rings. The molecule has 0 bridgehead atoms. The summed E-state index contributed by atoms with van der Waals surface area (Å²) in [5, 5.41) is 3.34. The number of benzene rings is 1. The molecule has 2 rings (SSSR count). The first kappa shape index (κ1) is 41.1. The molecule has 0 aromatic heterocycles. The third-order valence-corrected chi connectivity index (χ3v) is 9.85. The van der Waals surface area contributed by atoms with Gasteiger partial charge in [-0.15, -0.1) is 0 Å². The smallest absolute Gasteiger partial charge is 0.465 e. The van der Waals surface area contributed by atoms with Crippen molar-refractivity contribution in [1.29, 1.82) is 0 Å². The Hall–Kier alpha value is -2.05. The standard InChI is InChI=1S/C32H51NO12P2/c1-5-40-46(41-6-2)42-22-14-12-20-38-31(35)29-27(25-34)18-19-28(33-24-26-16-10-9-11-17-26)30(29)32(36)39-21-13-15-23-45-47(37,43-7-3)44-8-4/h9-11,16-19,25,27-30,33H,5-8,12-15,20-24H2,1-4H3. The van der Waals surface area contributed by atoms with Crippen LogP contribution >= 0.6 is 16.4 Å². The number of hydrogen-bond acceptors (Lipinski definition) is 13. The van der Waals surface area contributed by atoms with Crippen LogP contribution in [0.2, 0.25) is 0 Å². The minimum absolute atomic E-state index is 0.0287. The Kier molecular flexibility index (Phi) is 21.1. The third-order valence-electron chi connectivity index (χ3n) is 6.87. The van der Waals surface area contributed by atoms with Gasteiger partial charge in [-0.2, -0.15) is 0 Å². The van der Waals surface area contributed by atoms with E-state index in [2.05, 4.69) is 5.32 Å². The summed E-state index contributed by atoms with van der Waals surface area (Å²) in [7, 11) is -5.05. The number of phosphoric ester groups is 1. The second-order valence-corrected chi connectivity index (χ2v) is 13.2. The lowest BCUT2D eigenvalue weighted by molar-refractivity contribution is -0.164. The fraction of sp³-hybridized carbons (Fsp3) is 0.656. The van der Waals surface area contributed by atoms with E-state index in [1.807, 2.05) is 44.2 Å². The molecule has 1 aromatic carbocycles. The first-order chi connectivity index (χ1) is 22.8. The average Bonchev–Trinajstić information content (AvgIpc) is 3.07. The molecule has 47 heavy (non-hydrogen) atoms. The fourth-order valence-electron chi connectivity index (χ4n) is 4.72. The molecule has 1 aliphatic carbocycles. The summed E-state index contributed by atoms with van der Waals surface area (Å²) >= 11 is 0. The lowest BCUT2D eigenvalue weighted by atomic mass is 9.73. The molecule has 0 fully saturated rings. The Morgan fingerprint density at radius 2 is 1.32 bits per heavy atom. The summed E-state index contributed by atoms with van der Waals surface area (Å²) in [5.74, 6) is -4.23. The quantitative estimate of drug-likeness (QED) is 0.0399. The van der Waals surface area contributed by atoms with Crippen LogP contribution in [0.15, 0.2) is 42.5 Å². The number of rotatable bonds is 26. The molecular formula is C32H51NO12P2. The summed E-state index contributed by atoms with van der Waals surface area (Å²) in [6.07, 6.45) is 5.94. The van der Waals surface area contributed by atoms with Gasteiger partial charge in [0.25, 0.3) is 0 Å². The van der Waals surface area contributed by atoms with Gasteiger partial charge < -0.3 is 33.2 Å². The normalized spacial score (nSPS) is 19.5. The van der Waals surface area contributed by atoms with Crippen LogP contribution in [0.5, 0.6) is 0 Å². The Bertz CT molecular complexity index is 1090. The zero-order chi connectivity index (χ0) is 34.3. The summed E-state index contributed by atoms with van der Waals surface area (Å²) in [6, 6.07) is 9.03. The maximum absolute atomic E-state index is 13.6. The predicted octanol–water partition coefficient (Wildman–Crippen LogP) is 5.92. The first-order valence-electron chi connectivity index (χ1n) is 16.3. The van der Waals surface area contributed by atoms with Crippen LogP contribution in [0, 0.1) is 17.8 Å². The van der Waals surface area contributed by atoms with Crippen molar-refractivity contribution in [2.24, 2.45) is 17.8 Å². The van der Waals surface area contributed by atoms with Crippen LogP contribution in [-0.4, -0.2) is 77.1 Å². The van der Waals surface area contributed by atoms with Gasteiger partial charge in [0.15, 0.2) is 0 Å². The molecule has 0 radical (unpaired) electrons. The van der Waals surface area contributed by atoms with Gasteiger partial charge in [-0.3, -0.25) is 23.2 Å². The van der Waals surface area contributed by atoms with E-state index in [0.29, 0.717) is 58.3 Å². The van der Waals surface area contributed by atoms with Crippen LogP contribution in [0.25, 0.3) is 0 Å². The van der Waals surface area contributed by atoms with E-state index < -0.39 is 52.2 Å². The monoisotopic (exact) mass is 703 g/mol. The van der Waals surface area contributed by atoms with Crippen LogP contribution in [0.3, 0.4) is 0 Å². The van der Waals surface area contributed by atoms with E-state index in [1.165, 1.54) is 0 Å². The van der Waals surface area contributed by atoms with Crippen molar-refractivity contribution in [3.05, 3.63) is 48.0 Å². The van der Waals surface area contributed by atoms with E-state index in [9.17, 15) is 18.9 Å². The molecule has 4 atom stereocenters. The van der Waals surface area contributed by atoms with Gasteiger partial charge in [-0.1, -0.05) is 42.5 Å². The van der Waals surface area contributed by atoms with Crippen LogP contribution in [-0.2, 0) is 62.1 Å². The summed E-state index contributed by atoms with van der Waals surface area (Å²) in [5.41, 5.74) is 0.987. The Morgan fingerprint density at radius 1 is 0.745 bits per heavy atom. The number of ether oxygens (including phenoxy) is 2. The highest BCUT2D eigenvalue weighted by atomic mass is 31.2. The van der Waals surface area contributed by atoms with Crippen molar-refractivity contribution in [2.45, 2.75) is 66.0 Å². The largest absolute Gasteiger partial charge is 0.474 e. The van der Waals surface area contributed by atoms with Gasteiger partial charge in [0.2, 0.25) is 0 Å². The number of aldehydes is 1. The number of carbonyl (C=O) groups excluding carboxylic acids is 3. The molecule has 13 nitrogen and oxygen atoms in total. The van der Waals surface area contributed by atoms with E-state index in [0.717, 1.165) is 5.56 Å². The molecule has 15 heteroatoms. The number of esters is 2. The van der Waals surface area contributed by atoms with Crippen molar-refractivity contribution < 1.29 is 55.6 Å². The number of unbranched alkanes of at least 4 members (excludes halogenated alkanes) is 2. The van der Waals surface area contributed by atoms with Crippen LogP contribution < -0.4 is 5.32 Å². The van der Waals surface area contributed by atoms with Gasteiger partial charge in [-0.05, 0) is 58.9 Å². The molecule has 0 amide bonds. The summed E-state index contributed by atoms with van der Waals surface area (Å²) < 4.78 is 55.7. The maximum Gasteiger partial charge on any atom is 0.474 e. The van der Waals surface area contributed by atoms with Crippen molar-refractivity contribution in [2.75, 3.05) is 52.9 Å². The van der Waals surface area contributed by atoms with Crippen molar-refractivity contribution in [3.63, 3.8) is 0 Å². The first-order valence-corrected chi connectivity index (χ1v) is 18.8. The molecule has 0 saturated carbocycles. The van der Waals surface area contributed by atoms with Gasteiger partial charge in [0.05, 0.1) is 64.7 Å². The van der Waals surface area contributed by atoms with Crippen molar-refractivity contribution in [1.82, 2.24) is 5.32 Å². The predicted molar refractivity (Wildman–Crippen MR) is 176 cm³/mol. The molecule has 0 spiro atoms. The van der Waals surface area contributed by atoms with Crippen LogP contribution in [0.4, 0.5) is 0 Å². The van der Waals surface area contributed by atoms with E-state index >= 15 is 0 Å². The highest BCUT2D eigenvalue weighted by molar-refractivity contribution is 7.48. The van der Waals surface area contributed by atoms with Crippen molar-refractivity contribution in [3.8, 4) is 0 Å². The maximum atomic E-state index is 13.6. The molecule has 4 unspecified atom stereocenters. The number of phosphoric acid groups is 1. The van der Waals surface area contributed by atoms with E-state index in [1.54, 1.807) is 26.0 Å². The molecule has 1 aliphatic rings. The van der Waals surface area contributed by atoms with Gasteiger partial charge in [0.1, 0.15) is 6.29 Å². The number of hydrogen-bond donors (Lipinski definition) is 1. The zero-order valence-electron chi connectivity index (χ0n) is 27.9. The van der Waals surface area contributed by atoms with Gasteiger partial charge in [-0.25, -0.2) is 4.57 Å². The highest BCUT2D eigenvalue weighted by Crippen LogP contribution is 2.49. The molecule has 0 aliphatic heterocycles. The lowest BCUT2D eigenvalue weighted by Crippen LogP contribution is -2.50. The third kappa shape index (κ3) is 15.4. The SMILES string of the molecule is CCOP(OCC)OCCCCOC(=O)C1C(C=O)C=CC(NCc2ccccc2)C1C(=O)OCCCCOP(=O)(OCC)OCC. The lowest BCUT2D eigenvalue weighted by Gasteiger charge is -2.35. The number of nitrogens with one attached hydrogen (secondary N) is 1. The minimum Gasteiger partial charge on any atom is -0.465 e. The number of carbonyl (C=O) groups is 3. The minimum atomic E-state index is -3.63. The summed E-state index contributed by atoms with van der Waals surface area (Å²) in [6.45, 7) is 9.39. The number of allylic oxidation sites excluding steroid dienone is 1. The zero-order valence-corrected chi connectivity index (χ0v) is 29.7. The Labute approximate surface area is 279 Å². The van der Waals surface area contributed by atoms with E-state index in [-0.39, 0.29) is 33.0 Å². The average molecular weight is 704 g/mol. The molecule has 0 saturated heterocycles. The summed E-state index contributed by atoms with van der Waals surface area (Å²) in [4.78, 5) is 39.1. The van der Waals surface area contributed by atoms with Gasteiger partial charge in [0, 0.05) is 18.5 Å². The Morgan fingerprint density at radius 3 is 1.89 bits per heavy atom. The second-order valence-electron chi connectivity index (χ2n) is 10.3. The Balaban J connectivity index is 2.02. The molecule has 266 valence electrons. The fourth-order valence-corrected chi connectivity index (χ4v) is 6.85. The van der Waals surface area contributed by atoms with Crippen molar-refractivity contribution >= 4 is 34.6 Å². The topological polar surface area (TPSA) is 154 Å². The molecular weight excluding hydrogens is 652 g/mol. The molecule has 1 N–H and O–H groups in total. The van der Waals surface area contributed by atoms with Crippen LogP contribution in [0.1, 0.15) is 58.9 Å². The molecule has 0 heterocycles. The highest BCUT2D eigenvalue weighted by Gasteiger charge is 2.46. The van der Waals surface area contributed by atoms with E-state index in [4.69, 9.17) is 36.6 Å². The second kappa shape index (κ2) is 24.1.